The Morgan fingerprint density at radius 3 is 3.05 bits per heavy atom. The number of hydrogen-bond acceptors (Lipinski definition) is 6. The van der Waals surface area contributed by atoms with E-state index in [2.05, 4.69) is 47.9 Å². The molecule has 0 atom stereocenters. The molecule has 1 aliphatic carbocycles. The van der Waals surface area contributed by atoms with Gasteiger partial charge >= 0.3 is 0 Å². The van der Waals surface area contributed by atoms with Crippen LogP contribution in [0.25, 0.3) is 11.0 Å². The summed E-state index contributed by atoms with van der Waals surface area (Å²) in [5.41, 5.74) is 0.779. The lowest BCUT2D eigenvalue weighted by molar-refractivity contribution is 0.790. The maximum absolute atomic E-state index is 4.68. The molecule has 3 aromatic heterocycles. The zero-order chi connectivity index (χ0) is 14.2. The Morgan fingerprint density at radius 2 is 2.33 bits per heavy atom. The smallest absolute Gasteiger partial charge is 0.226 e. The summed E-state index contributed by atoms with van der Waals surface area (Å²) in [5, 5.41) is 13.2. The highest BCUT2D eigenvalue weighted by Crippen LogP contribution is 2.36. The number of hydrogen-bond donors (Lipinski definition) is 2. The number of aromatic nitrogens is 4. The number of nitrogens with zero attached hydrogens (tertiary/aromatic N) is 4. The molecule has 21 heavy (non-hydrogen) atoms. The quantitative estimate of drug-likeness (QED) is 0.758. The molecule has 0 aromatic carbocycles. The van der Waals surface area contributed by atoms with E-state index in [1.807, 2.05) is 13.2 Å². The molecule has 2 N–H and O–H groups in total. The first-order valence-electron chi connectivity index (χ1n) is 7.03. The maximum atomic E-state index is 4.68. The molecule has 1 aliphatic rings. The molecule has 0 bridgehead atoms. The van der Waals surface area contributed by atoms with Gasteiger partial charge in [0.15, 0.2) is 5.65 Å². The number of H-pyrrole nitrogens is 1. The highest BCUT2D eigenvalue weighted by Gasteiger charge is 2.32. The van der Waals surface area contributed by atoms with Gasteiger partial charge in [0.05, 0.1) is 18.1 Å². The molecular weight excluding hydrogens is 284 g/mol. The van der Waals surface area contributed by atoms with E-state index in [4.69, 9.17) is 0 Å². The summed E-state index contributed by atoms with van der Waals surface area (Å²) in [5.74, 6) is 1.59. The standard InChI is InChI=1S/C14H16N6S/c1-15-14-17-12-11(7-16-19-12)13(18-14)20(9-4-5-9)8-10-3-2-6-21-10/h2-3,6-7,9H,4-5,8H2,1H3,(H2,15,16,17,18,19). The minimum Gasteiger partial charge on any atom is -0.357 e. The SMILES string of the molecule is CNc1nc(N(Cc2cccs2)C2CC2)c2cn[nH]c2n1. The Morgan fingerprint density at radius 1 is 1.43 bits per heavy atom. The minimum absolute atomic E-state index is 0.574. The van der Waals surface area contributed by atoms with Gasteiger partial charge in [-0.3, -0.25) is 5.10 Å². The Bertz CT molecular complexity index is 746. The first-order chi connectivity index (χ1) is 10.3. The average Bonchev–Trinajstić information content (AvgIpc) is 3.02. The normalized spacial score (nSPS) is 14.5. The van der Waals surface area contributed by atoms with Crippen LogP contribution in [0.1, 0.15) is 17.7 Å². The van der Waals surface area contributed by atoms with Crippen LogP contribution < -0.4 is 10.2 Å². The van der Waals surface area contributed by atoms with Crippen LogP contribution in [0.4, 0.5) is 11.8 Å². The van der Waals surface area contributed by atoms with E-state index in [0.717, 1.165) is 23.4 Å². The second kappa shape index (κ2) is 5.00. The van der Waals surface area contributed by atoms with Crippen molar-refractivity contribution in [1.82, 2.24) is 20.2 Å². The molecule has 4 rings (SSSR count). The van der Waals surface area contributed by atoms with Crippen molar-refractivity contribution in [2.24, 2.45) is 0 Å². The van der Waals surface area contributed by atoms with Crippen molar-refractivity contribution in [2.45, 2.75) is 25.4 Å². The van der Waals surface area contributed by atoms with Crippen LogP contribution in [0, 0.1) is 0 Å². The number of anilines is 2. The van der Waals surface area contributed by atoms with Crippen molar-refractivity contribution in [2.75, 3.05) is 17.3 Å². The number of thiophene rings is 1. The third-order valence-corrected chi connectivity index (χ3v) is 4.54. The molecule has 0 aliphatic heterocycles. The third-order valence-electron chi connectivity index (χ3n) is 3.68. The van der Waals surface area contributed by atoms with Crippen LogP contribution in [0.5, 0.6) is 0 Å². The minimum atomic E-state index is 0.574. The van der Waals surface area contributed by atoms with E-state index >= 15 is 0 Å². The van der Waals surface area contributed by atoms with Gasteiger partial charge in [-0.25, -0.2) is 0 Å². The van der Waals surface area contributed by atoms with Gasteiger partial charge in [-0.1, -0.05) is 6.07 Å². The largest absolute Gasteiger partial charge is 0.357 e. The van der Waals surface area contributed by atoms with Crippen molar-refractivity contribution >= 4 is 34.1 Å². The predicted octanol–water partition coefficient (Wildman–Crippen LogP) is 2.63. The molecule has 0 saturated heterocycles. The summed E-state index contributed by atoms with van der Waals surface area (Å²) in [6, 6.07) is 4.84. The highest BCUT2D eigenvalue weighted by molar-refractivity contribution is 7.09. The van der Waals surface area contributed by atoms with E-state index in [9.17, 15) is 0 Å². The zero-order valence-corrected chi connectivity index (χ0v) is 12.5. The lowest BCUT2D eigenvalue weighted by Crippen LogP contribution is -2.26. The van der Waals surface area contributed by atoms with Crippen molar-refractivity contribution in [3.63, 3.8) is 0 Å². The van der Waals surface area contributed by atoms with Crippen LogP contribution in [-0.4, -0.2) is 33.3 Å². The third kappa shape index (κ3) is 2.33. The van der Waals surface area contributed by atoms with Gasteiger partial charge in [-0.15, -0.1) is 11.3 Å². The second-order valence-electron chi connectivity index (χ2n) is 5.19. The maximum Gasteiger partial charge on any atom is 0.226 e. The molecule has 6 nitrogen and oxygen atoms in total. The molecular formula is C14H16N6S. The van der Waals surface area contributed by atoms with Crippen LogP contribution in [-0.2, 0) is 6.54 Å². The Labute approximate surface area is 126 Å². The number of fused-ring (bicyclic) bond motifs is 1. The van der Waals surface area contributed by atoms with Crippen LogP contribution in [0.15, 0.2) is 23.7 Å². The fourth-order valence-corrected chi connectivity index (χ4v) is 3.19. The topological polar surface area (TPSA) is 69.7 Å². The summed E-state index contributed by atoms with van der Waals surface area (Å²) in [6.07, 6.45) is 4.27. The molecule has 1 saturated carbocycles. The van der Waals surface area contributed by atoms with Gasteiger partial charge in [-0.05, 0) is 24.3 Å². The van der Waals surface area contributed by atoms with Crippen molar-refractivity contribution < 1.29 is 0 Å². The van der Waals surface area contributed by atoms with Crippen LogP contribution in [0.3, 0.4) is 0 Å². The number of rotatable bonds is 5. The molecule has 0 unspecified atom stereocenters. The van der Waals surface area contributed by atoms with Crippen molar-refractivity contribution in [1.29, 1.82) is 0 Å². The summed E-state index contributed by atoms with van der Waals surface area (Å²) in [6.45, 7) is 0.892. The Balaban J connectivity index is 1.79. The monoisotopic (exact) mass is 300 g/mol. The van der Waals surface area contributed by atoms with Gasteiger partial charge < -0.3 is 10.2 Å². The van der Waals surface area contributed by atoms with Gasteiger partial charge in [0.25, 0.3) is 0 Å². The molecule has 0 spiro atoms. The summed E-state index contributed by atoms with van der Waals surface area (Å²) >= 11 is 1.78. The molecule has 1 fully saturated rings. The molecule has 108 valence electrons. The van der Waals surface area contributed by atoms with Gasteiger partial charge in [0.1, 0.15) is 5.82 Å². The first kappa shape index (κ1) is 12.6. The zero-order valence-electron chi connectivity index (χ0n) is 11.7. The molecule has 7 heteroatoms. The van der Waals surface area contributed by atoms with Gasteiger partial charge in [0, 0.05) is 18.0 Å². The molecule has 3 aromatic rings. The lowest BCUT2D eigenvalue weighted by atomic mass is 10.3. The summed E-state index contributed by atoms with van der Waals surface area (Å²) in [4.78, 5) is 12.8. The van der Waals surface area contributed by atoms with E-state index in [0.29, 0.717) is 12.0 Å². The van der Waals surface area contributed by atoms with Gasteiger partial charge in [0.2, 0.25) is 5.95 Å². The Hall–Kier alpha value is -2.15. The van der Waals surface area contributed by atoms with E-state index in [-0.39, 0.29) is 0 Å². The van der Waals surface area contributed by atoms with E-state index in [1.54, 1.807) is 11.3 Å². The first-order valence-corrected chi connectivity index (χ1v) is 7.91. The molecule has 0 radical (unpaired) electrons. The van der Waals surface area contributed by atoms with Crippen molar-refractivity contribution in [3.8, 4) is 0 Å². The fraction of sp³-hybridized carbons (Fsp3) is 0.357. The average molecular weight is 300 g/mol. The predicted molar refractivity (Wildman–Crippen MR) is 84.8 cm³/mol. The van der Waals surface area contributed by atoms with E-state index < -0.39 is 0 Å². The van der Waals surface area contributed by atoms with Crippen molar-refractivity contribution in [3.05, 3.63) is 28.6 Å². The summed E-state index contributed by atoms with van der Waals surface area (Å²) in [7, 11) is 1.84. The van der Waals surface area contributed by atoms with E-state index in [1.165, 1.54) is 17.7 Å². The fourth-order valence-electron chi connectivity index (χ4n) is 2.48. The lowest BCUT2D eigenvalue weighted by Gasteiger charge is -2.23. The van der Waals surface area contributed by atoms with Crippen LogP contribution in [0.2, 0.25) is 0 Å². The van der Waals surface area contributed by atoms with Gasteiger partial charge in [-0.2, -0.15) is 15.1 Å². The highest BCUT2D eigenvalue weighted by atomic mass is 32.1. The number of nitrogens with one attached hydrogen (secondary N) is 2. The van der Waals surface area contributed by atoms with Crippen LogP contribution >= 0.6 is 11.3 Å². The summed E-state index contributed by atoms with van der Waals surface area (Å²) < 4.78 is 0. The Kier molecular flexibility index (Phi) is 2.99. The molecule has 3 heterocycles. The molecule has 0 amide bonds. The number of aromatic amines is 1. The second-order valence-corrected chi connectivity index (χ2v) is 6.22.